The normalized spacial score (nSPS) is 23.0. The number of nitrogens with zero attached hydrogens (tertiary/aromatic N) is 3. The molecule has 26 heavy (non-hydrogen) atoms. The largest absolute Gasteiger partial charge is 0.493 e. The zero-order valence-electron chi connectivity index (χ0n) is 16.0. The van der Waals surface area contributed by atoms with Gasteiger partial charge in [-0.25, -0.2) is 18.4 Å². The van der Waals surface area contributed by atoms with Gasteiger partial charge in [-0.05, 0) is 30.6 Å². The first-order valence-corrected chi connectivity index (χ1v) is 10.9. The smallest absolute Gasteiger partial charge is 0.225 e. The Hall–Kier alpha value is -1.74. The number of fused-ring (bicyclic) bond motifs is 1. The number of aromatic hydroxyl groups is 1. The van der Waals surface area contributed by atoms with E-state index in [-0.39, 0.29) is 12.0 Å². The molecule has 0 radical (unpaired) electrons. The minimum absolute atomic E-state index is 0.0289. The highest BCUT2D eigenvalue weighted by atomic mass is 32.2. The maximum Gasteiger partial charge on any atom is 0.225 e. The molecule has 0 spiro atoms. The van der Waals surface area contributed by atoms with E-state index >= 15 is 0 Å². The summed E-state index contributed by atoms with van der Waals surface area (Å²) in [7, 11) is -2.67. The predicted molar refractivity (Wildman–Crippen MR) is 101 cm³/mol. The van der Waals surface area contributed by atoms with Crippen molar-refractivity contribution in [1.29, 1.82) is 0 Å². The van der Waals surface area contributed by atoms with Gasteiger partial charge in [0.25, 0.3) is 0 Å². The van der Waals surface area contributed by atoms with E-state index in [1.165, 1.54) is 25.4 Å². The number of nitrogens with one attached hydrogen (secondary N) is 1. The zero-order chi connectivity index (χ0) is 19.9. The van der Waals surface area contributed by atoms with Crippen LogP contribution in [0.1, 0.15) is 40.0 Å². The summed E-state index contributed by atoms with van der Waals surface area (Å²) in [5.74, 6) is 1.91. The Labute approximate surface area is 155 Å². The third kappa shape index (κ3) is 8.09. The molecule has 9 heteroatoms. The molecule has 8 nitrogen and oxygen atoms in total. The highest BCUT2D eigenvalue weighted by Gasteiger charge is 2.28. The Morgan fingerprint density at radius 3 is 2.35 bits per heavy atom. The van der Waals surface area contributed by atoms with E-state index in [0.29, 0.717) is 22.9 Å². The van der Waals surface area contributed by atoms with Gasteiger partial charge >= 0.3 is 0 Å². The van der Waals surface area contributed by atoms with Crippen LogP contribution in [0.5, 0.6) is 5.88 Å². The summed E-state index contributed by atoms with van der Waals surface area (Å²) in [5.41, 5.74) is 0.549. The van der Waals surface area contributed by atoms with E-state index in [2.05, 4.69) is 40.9 Å². The molecular weight excluding hydrogens is 356 g/mol. The van der Waals surface area contributed by atoms with E-state index in [9.17, 15) is 13.5 Å². The molecule has 3 N–H and O–H groups in total. The third-order valence-electron chi connectivity index (χ3n) is 4.21. The predicted octanol–water partition coefficient (Wildman–Crippen LogP) is 2.16. The lowest BCUT2D eigenvalue weighted by molar-refractivity contribution is 0.0266. The fraction of sp³-hybridized carbons (Fsp3) is 0.706. The molecule has 0 bridgehead atoms. The Bertz CT molecular complexity index is 768. The van der Waals surface area contributed by atoms with Gasteiger partial charge in [-0.3, -0.25) is 5.10 Å². The molecule has 2 aromatic rings. The maximum atomic E-state index is 9.71. The first-order valence-electron chi connectivity index (χ1n) is 8.65. The summed E-state index contributed by atoms with van der Waals surface area (Å²) >= 11 is 0. The molecule has 3 rings (SSSR count). The van der Waals surface area contributed by atoms with Gasteiger partial charge in [0.1, 0.15) is 21.6 Å². The molecule has 2 heterocycles. The first-order chi connectivity index (χ1) is 12.0. The second-order valence-corrected chi connectivity index (χ2v) is 9.65. The van der Waals surface area contributed by atoms with Crippen LogP contribution in [0.25, 0.3) is 11.0 Å². The number of rotatable bonds is 1. The quantitative estimate of drug-likeness (QED) is 0.685. The number of aromatic nitrogens is 4. The SMILES string of the molecule is CC1CCC(C(C)C)C(O)C1.CS(C)(=O)=O.Oc1ncnc2[nH]ncc12. The van der Waals surface area contributed by atoms with Crippen molar-refractivity contribution in [2.75, 3.05) is 12.5 Å². The monoisotopic (exact) mass is 386 g/mol. The summed E-state index contributed by atoms with van der Waals surface area (Å²) in [5, 5.41) is 25.6. The molecule has 2 aromatic heterocycles. The van der Waals surface area contributed by atoms with Gasteiger partial charge in [0.2, 0.25) is 5.88 Å². The molecule has 1 aliphatic carbocycles. The number of hydrogen-bond donors (Lipinski definition) is 3. The van der Waals surface area contributed by atoms with Gasteiger partial charge < -0.3 is 10.2 Å². The van der Waals surface area contributed by atoms with E-state index in [1.807, 2.05) is 0 Å². The van der Waals surface area contributed by atoms with Crippen LogP contribution in [-0.2, 0) is 9.84 Å². The fourth-order valence-corrected chi connectivity index (χ4v) is 2.90. The molecule has 3 unspecified atom stereocenters. The summed E-state index contributed by atoms with van der Waals surface area (Å²) in [6, 6.07) is 0. The average molecular weight is 387 g/mol. The van der Waals surface area contributed by atoms with Crippen molar-refractivity contribution < 1.29 is 18.6 Å². The zero-order valence-corrected chi connectivity index (χ0v) is 16.9. The van der Waals surface area contributed by atoms with Crippen LogP contribution in [0.4, 0.5) is 0 Å². The number of aliphatic hydroxyl groups excluding tert-OH is 1. The van der Waals surface area contributed by atoms with Crippen molar-refractivity contribution in [3.05, 3.63) is 12.5 Å². The van der Waals surface area contributed by atoms with Crippen LogP contribution in [-0.4, -0.2) is 57.4 Å². The van der Waals surface area contributed by atoms with E-state index in [0.717, 1.165) is 24.9 Å². The number of hydrogen-bond acceptors (Lipinski definition) is 7. The van der Waals surface area contributed by atoms with Crippen molar-refractivity contribution >= 4 is 20.9 Å². The van der Waals surface area contributed by atoms with Crippen LogP contribution >= 0.6 is 0 Å². The van der Waals surface area contributed by atoms with Crippen LogP contribution in [0, 0.1) is 17.8 Å². The second kappa shape index (κ2) is 9.82. The lowest BCUT2D eigenvalue weighted by Gasteiger charge is -2.33. The number of H-pyrrole nitrogens is 1. The minimum atomic E-state index is -2.67. The lowest BCUT2D eigenvalue weighted by atomic mass is 9.75. The topological polar surface area (TPSA) is 129 Å². The summed E-state index contributed by atoms with van der Waals surface area (Å²) in [4.78, 5) is 7.38. The van der Waals surface area contributed by atoms with Crippen LogP contribution < -0.4 is 0 Å². The van der Waals surface area contributed by atoms with Gasteiger partial charge in [-0.15, -0.1) is 0 Å². The molecule has 0 aromatic carbocycles. The van der Waals surface area contributed by atoms with Crippen LogP contribution in [0.3, 0.4) is 0 Å². The van der Waals surface area contributed by atoms with Gasteiger partial charge in [-0.1, -0.05) is 27.2 Å². The molecule has 0 aliphatic heterocycles. The van der Waals surface area contributed by atoms with Crippen LogP contribution in [0.2, 0.25) is 0 Å². The Balaban J connectivity index is 0.000000209. The summed E-state index contributed by atoms with van der Waals surface area (Å²) < 4.78 is 19.3. The highest BCUT2D eigenvalue weighted by molar-refractivity contribution is 7.89. The van der Waals surface area contributed by atoms with Crippen molar-refractivity contribution in [3.8, 4) is 5.88 Å². The van der Waals surface area contributed by atoms with Crippen LogP contribution in [0.15, 0.2) is 12.5 Å². The van der Waals surface area contributed by atoms with E-state index < -0.39 is 9.84 Å². The van der Waals surface area contributed by atoms with Crippen molar-refractivity contribution in [3.63, 3.8) is 0 Å². The fourth-order valence-electron chi connectivity index (χ4n) is 2.90. The highest BCUT2D eigenvalue weighted by Crippen LogP contribution is 2.33. The van der Waals surface area contributed by atoms with E-state index in [4.69, 9.17) is 5.11 Å². The number of aromatic amines is 1. The second-order valence-electron chi connectivity index (χ2n) is 7.37. The summed E-state index contributed by atoms with van der Waals surface area (Å²) in [6.07, 6.45) is 8.59. The Kier molecular flexibility index (Phi) is 8.42. The number of aliphatic hydroxyl groups is 1. The van der Waals surface area contributed by atoms with Gasteiger partial charge in [0, 0.05) is 12.5 Å². The van der Waals surface area contributed by atoms with Gasteiger partial charge in [-0.2, -0.15) is 5.10 Å². The average Bonchev–Trinajstić information content (AvgIpc) is 2.95. The molecule has 1 fully saturated rings. The molecule has 1 saturated carbocycles. The molecule has 1 aliphatic rings. The Morgan fingerprint density at radius 1 is 1.23 bits per heavy atom. The lowest BCUT2D eigenvalue weighted by Crippen LogP contribution is -2.31. The molecular formula is C17H30N4O4S. The number of sulfone groups is 1. The van der Waals surface area contributed by atoms with Gasteiger partial charge in [0.15, 0.2) is 5.65 Å². The summed E-state index contributed by atoms with van der Waals surface area (Å²) in [6.45, 7) is 6.66. The standard InChI is InChI=1S/C10H20O.C5H4N4O.C2H6O2S/c1-7(2)9-5-4-8(3)6-10(9)11;10-5-3-1-8-9-4(3)6-2-7-5;1-5(2,3)4/h7-11H,4-6H2,1-3H3;1-2H,(H2,6,7,8,9,10);1-2H3. The molecule has 0 saturated heterocycles. The Morgan fingerprint density at radius 2 is 1.85 bits per heavy atom. The third-order valence-corrected chi connectivity index (χ3v) is 4.21. The molecule has 3 atom stereocenters. The first kappa shape index (κ1) is 22.3. The van der Waals surface area contributed by atoms with Crippen molar-refractivity contribution in [2.45, 2.75) is 46.1 Å². The van der Waals surface area contributed by atoms with Gasteiger partial charge in [0.05, 0.1) is 12.3 Å². The maximum absolute atomic E-state index is 9.71. The molecule has 148 valence electrons. The molecule has 0 amide bonds. The minimum Gasteiger partial charge on any atom is -0.493 e. The van der Waals surface area contributed by atoms with Crippen molar-refractivity contribution in [2.24, 2.45) is 17.8 Å². The van der Waals surface area contributed by atoms with E-state index in [1.54, 1.807) is 0 Å². The van der Waals surface area contributed by atoms with Crippen molar-refractivity contribution in [1.82, 2.24) is 20.2 Å².